The summed E-state index contributed by atoms with van der Waals surface area (Å²) in [7, 11) is 0.424. The Morgan fingerprint density at radius 1 is 1.75 bits per heavy atom. The van der Waals surface area contributed by atoms with E-state index >= 15 is 0 Å². The zero-order chi connectivity index (χ0) is 2.71. The fourth-order valence-electron chi connectivity index (χ4n) is 0. The molecule has 0 aliphatic rings. The van der Waals surface area contributed by atoms with Crippen molar-refractivity contribution in [2.45, 2.75) is 0 Å². The number of hydrogen-bond donors (Lipinski definition) is 1. The minimum atomic E-state index is 0. The second-order valence-corrected chi connectivity index (χ2v) is 0.548. The Morgan fingerprint density at radius 2 is 1.75 bits per heavy atom. The Labute approximate surface area is 38.4 Å². The van der Waals surface area contributed by atoms with E-state index in [1.54, 1.807) is 0 Å². The molecule has 0 aromatic heterocycles. The molecule has 0 radical (unpaired) electrons. The van der Waals surface area contributed by atoms with Crippen LogP contribution in [0.3, 0.4) is 0 Å². The van der Waals surface area contributed by atoms with Gasteiger partial charge in [-0.05, 0) is 0 Å². The summed E-state index contributed by atoms with van der Waals surface area (Å²) in [5.41, 5.74) is 0. The van der Waals surface area contributed by atoms with Crippen molar-refractivity contribution >= 4 is 27.8 Å². The van der Waals surface area contributed by atoms with E-state index < -0.39 is 0 Å². The van der Waals surface area contributed by atoms with Crippen molar-refractivity contribution in [2.75, 3.05) is 0 Å². The maximum Gasteiger partial charge on any atom is 0.193 e. The van der Waals surface area contributed by atoms with Gasteiger partial charge in [-0.25, -0.2) is 0 Å². The first-order valence-electron chi connectivity index (χ1n) is 0.591. The van der Waals surface area contributed by atoms with Gasteiger partial charge in [0.05, 0.1) is 0 Å². The maximum absolute atomic E-state index is 7.13. The molecule has 0 aromatic rings. The van der Waals surface area contributed by atoms with Crippen LogP contribution in [0.5, 0.6) is 0 Å². The Bertz CT molecular complexity index is 6.00. The van der Waals surface area contributed by atoms with Crippen molar-refractivity contribution in [3.05, 3.63) is 0 Å². The van der Waals surface area contributed by atoms with Gasteiger partial charge in [0.25, 0.3) is 0 Å². The second kappa shape index (κ2) is 9.38. The summed E-state index contributed by atoms with van der Waals surface area (Å²) in [5.74, 6) is 0. The molecule has 0 atom stereocenters. The summed E-state index contributed by atoms with van der Waals surface area (Å²) >= 11 is 0. The molecular weight excluding hydrogens is 87.1 g/mol. The minimum absolute atomic E-state index is 0. The van der Waals surface area contributed by atoms with Gasteiger partial charge in [-0.1, -0.05) is 0 Å². The van der Waals surface area contributed by atoms with Gasteiger partial charge in [0.15, 0.2) is 27.8 Å². The third-order valence-corrected chi connectivity index (χ3v) is 0. The summed E-state index contributed by atoms with van der Waals surface area (Å²) in [6.07, 6.45) is 0. The van der Waals surface area contributed by atoms with Gasteiger partial charge in [0, 0.05) is 0 Å². The third-order valence-electron chi connectivity index (χ3n) is 0. The van der Waals surface area contributed by atoms with Crippen LogP contribution in [0.25, 0.3) is 0 Å². The van der Waals surface area contributed by atoms with E-state index in [0.717, 1.165) is 0 Å². The highest BCUT2D eigenvalue weighted by Gasteiger charge is 1.27. The van der Waals surface area contributed by atoms with Gasteiger partial charge in [-0.3, -0.25) is 5.26 Å². The first-order chi connectivity index (χ1) is 1.41. The van der Waals surface area contributed by atoms with Crippen molar-refractivity contribution in [2.24, 2.45) is 0 Å². The van der Waals surface area contributed by atoms with Crippen LogP contribution in [0.2, 0.25) is 0 Å². The molecule has 0 saturated carbocycles. The molecular formula is H7AlO2Si. The van der Waals surface area contributed by atoms with E-state index in [9.17, 15) is 0 Å². The van der Waals surface area contributed by atoms with Crippen molar-refractivity contribution in [1.29, 1.82) is 0 Å². The van der Waals surface area contributed by atoms with Gasteiger partial charge in [-0.15, -0.1) is 0 Å². The van der Waals surface area contributed by atoms with E-state index in [1.165, 1.54) is 0 Å². The Morgan fingerprint density at radius 3 is 1.75 bits per heavy atom. The lowest BCUT2D eigenvalue weighted by Crippen LogP contribution is -1.62. The van der Waals surface area contributed by atoms with Gasteiger partial charge >= 0.3 is 0 Å². The quantitative estimate of drug-likeness (QED) is 0.205. The summed E-state index contributed by atoms with van der Waals surface area (Å²) in [5, 5.41) is 7.13. The molecule has 4 heteroatoms. The normalized spacial score (nSPS) is 5.25. The topological polar surface area (TPSA) is 29.5 Å². The Kier molecular flexibility index (Phi) is 20.7. The first kappa shape index (κ1) is 8.82. The van der Waals surface area contributed by atoms with Gasteiger partial charge in [-0.2, -0.15) is 0 Å². The second-order valence-electron chi connectivity index (χ2n) is 0.183. The molecule has 4 heavy (non-hydrogen) atoms. The standard InChI is InChI=1S/Al.H4O2Si.3H/c;1-2-3;;;/h;1H,3H3;;;. The van der Waals surface area contributed by atoms with Gasteiger partial charge in [0.2, 0.25) is 0 Å². The van der Waals surface area contributed by atoms with E-state index in [4.69, 9.17) is 5.26 Å². The smallest absolute Gasteiger partial charge is 0.193 e. The molecule has 0 spiro atoms. The number of rotatable bonds is 0. The maximum atomic E-state index is 7.13. The van der Waals surface area contributed by atoms with Crippen LogP contribution >= 0.6 is 0 Å². The Hall–Kier alpha value is 0.669. The SMILES string of the molecule is OO[SiH3].[AlH3]. The van der Waals surface area contributed by atoms with Crippen LogP contribution in [0.4, 0.5) is 0 Å². The molecule has 0 saturated heterocycles. The molecule has 0 fully saturated rings. The fraction of sp³-hybridized carbons (Fsp3) is 0. The van der Waals surface area contributed by atoms with Crippen molar-refractivity contribution in [3.63, 3.8) is 0 Å². The molecule has 2 nitrogen and oxygen atoms in total. The van der Waals surface area contributed by atoms with Crippen LogP contribution in [0.1, 0.15) is 0 Å². The first-order valence-corrected chi connectivity index (χ1v) is 1.41. The van der Waals surface area contributed by atoms with Crippen LogP contribution < -0.4 is 0 Å². The third kappa shape index (κ3) is 16.6. The average molecular weight is 94.1 g/mol. The monoisotopic (exact) mass is 94.0 g/mol. The average Bonchev–Trinajstić information content (AvgIpc) is 0.918. The predicted octanol–water partition coefficient (Wildman–Crippen LogP) is -2.43. The van der Waals surface area contributed by atoms with Crippen LogP contribution in [0, 0.1) is 0 Å². The Balaban J connectivity index is 0. The highest BCUT2D eigenvalue weighted by Crippen LogP contribution is 1.22. The summed E-state index contributed by atoms with van der Waals surface area (Å²) < 4.78 is 3.39. The summed E-state index contributed by atoms with van der Waals surface area (Å²) in [4.78, 5) is 0. The molecule has 0 bridgehead atoms. The molecule has 0 rings (SSSR count). The largest absolute Gasteiger partial charge is 0.301 e. The highest BCUT2D eigenvalue weighted by molar-refractivity contribution is 5.97. The minimum Gasteiger partial charge on any atom is -0.301 e. The van der Waals surface area contributed by atoms with Crippen LogP contribution in [0.15, 0.2) is 0 Å². The van der Waals surface area contributed by atoms with E-state index in [0.29, 0.717) is 10.5 Å². The molecule has 26 valence electrons. The summed E-state index contributed by atoms with van der Waals surface area (Å²) in [6.45, 7) is 0. The van der Waals surface area contributed by atoms with Crippen molar-refractivity contribution < 1.29 is 9.83 Å². The predicted molar refractivity (Wildman–Crippen MR) is 23.6 cm³/mol. The molecule has 0 aliphatic heterocycles. The van der Waals surface area contributed by atoms with E-state index in [1.807, 2.05) is 0 Å². The van der Waals surface area contributed by atoms with Gasteiger partial charge in [0.1, 0.15) is 0 Å². The molecule has 0 amide bonds. The molecule has 0 aromatic carbocycles. The molecule has 0 unspecified atom stereocenters. The van der Waals surface area contributed by atoms with Crippen LogP contribution in [-0.2, 0) is 4.58 Å². The van der Waals surface area contributed by atoms with Crippen LogP contribution in [-0.4, -0.2) is 33.1 Å². The number of hydrogen-bond acceptors (Lipinski definition) is 2. The molecule has 0 heterocycles. The summed E-state index contributed by atoms with van der Waals surface area (Å²) in [6, 6.07) is 0. The van der Waals surface area contributed by atoms with E-state index in [2.05, 4.69) is 4.58 Å². The fourth-order valence-corrected chi connectivity index (χ4v) is 0. The highest BCUT2D eigenvalue weighted by atomic mass is 28.2. The van der Waals surface area contributed by atoms with Crippen molar-refractivity contribution in [1.82, 2.24) is 0 Å². The zero-order valence-electron chi connectivity index (χ0n) is 1.86. The van der Waals surface area contributed by atoms with Crippen molar-refractivity contribution in [3.8, 4) is 0 Å². The zero-order valence-corrected chi connectivity index (χ0v) is 3.86. The molecule has 0 aliphatic carbocycles. The lowest BCUT2D eigenvalue weighted by atomic mass is 15.0. The van der Waals surface area contributed by atoms with E-state index in [-0.39, 0.29) is 17.4 Å². The molecule has 1 N–H and O–H groups in total. The lowest BCUT2D eigenvalue weighted by molar-refractivity contribution is -0.131. The van der Waals surface area contributed by atoms with Gasteiger partial charge < -0.3 is 4.58 Å². The lowest BCUT2D eigenvalue weighted by Gasteiger charge is -1.60.